The fraction of sp³-hybridized carbons (Fsp3) is 0.600. The molecule has 3 heterocycles. The molecule has 1 aromatic rings. The second kappa shape index (κ2) is 8.65. The summed E-state index contributed by atoms with van der Waals surface area (Å²) >= 11 is 0. The smallest absolute Gasteiger partial charge is 0.338 e. The summed E-state index contributed by atoms with van der Waals surface area (Å²) in [6, 6.07) is 7.89. The van der Waals surface area contributed by atoms with Gasteiger partial charge in [-0.25, -0.2) is 9.59 Å². The van der Waals surface area contributed by atoms with Gasteiger partial charge in [0.15, 0.2) is 0 Å². The number of anilines is 1. The number of hydrogen-bond acceptors (Lipinski definition) is 4. The maximum Gasteiger partial charge on any atom is 0.338 e. The number of carbonyl (C=O) groups is 2. The monoisotopic (exact) mass is 423 g/mol. The summed E-state index contributed by atoms with van der Waals surface area (Å²) in [5.41, 5.74) is 2.70. The molecule has 1 aromatic carbocycles. The Bertz CT molecular complexity index is 865. The Hall–Kier alpha value is -2.34. The first-order chi connectivity index (χ1) is 15.1. The van der Waals surface area contributed by atoms with Crippen LogP contribution in [0.25, 0.3) is 0 Å². The van der Waals surface area contributed by atoms with Crippen LogP contribution in [0.1, 0.15) is 55.8 Å². The third kappa shape index (κ3) is 3.98. The summed E-state index contributed by atoms with van der Waals surface area (Å²) in [5.74, 6) is 0.872. The van der Waals surface area contributed by atoms with Gasteiger partial charge in [-0.1, -0.05) is 18.1 Å². The third-order valence-electron chi connectivity index (χ3n) is 7.57. The highest BCUT2D eigenvalue weighted by Gasteiger charge is 2.46. The van der Waals surface area contributed by atoms with Gasteiger partial charge in [0.05, 0.1) is 18.2 Å². The number of esters is 1. The fourth-order valence-electron chi connectivity index (χ4n) is 6.30. The van der Waals surface area contributed by atoms with Crippen molar-refractivity contribution < 1.29 is 14.3 Å². The predicted octanol–water partition coefficient (Wildman–Crippen LogP) is 4.29. The second-order valence-corrected chi connectivity index (χ2v) is 9.43. The van der Waals surface area contributed by atoms with Crippen molar-refractivity contribution in [2.45, 2.75) is 57.5 Å². The number of nitrogens with zero attached hydrogens (tertiary/aromatic N) is 2. The van der Waals surface area contributed by atoms with Gasteiger partial charge in [-0.15, -0.1) is 0 Å². The summed E-state index contributed by atoms with van der Waals surface area (Å²) in [6.07, 6.45) is 9.91. The van der Waals surface area contributed by atoms with E-state index in [2.05, 4.69) is 21.2 Å². The first-order valence-electron chi connectivity index (χ1n) is 11.9. The van der Waals surface area contributed by atoms with Crippen molar-refractivity contribution in [3.8, 4) is 0 Å². The van der Waals surface area contributed by atoms with Crippen LogP contribution in [0.2, 0.25) is 0 Å². The van der Waals surface area contributed by atoms with E-state index in [4.69, 9.17) is 4.74 Å². The molecule has 2 amide bonds. The van der Waals surface area contributed by atoms with Gasteiger partial charge in [-0.2, -0.15) is 0 Å². The Morgan fingerprint density at radius 3 is 2.77 bits per heavy atom. The molecule has 4 aliphatic rings. The van der Waals surface area contributed by atoms with Gasteiger partial charge in [0.2, 0.25) is 0 Å². The molecule has 3 saturated heterocycles. The van der Waals surface area contributed by atoms with E-state index in [9.17, 15) is 9.59 Å². The summed E-state index contributed by atoms with van der Waals surface area (Å²) in [7, 11) is 0. The van der Waals surface area contributed by atoms with Crippen molar-refractivity contribution in [3.05, 3.63) is 41.5 Å². The Balaban J connectivity index is 1.31. The van der Waals surface area contributed by atoms with Crippen LogP contribution < -0.4 is 5.32 Å². The van der Waals surface area contributed by atoms with Crippen molar-refractivity contribution >= 4 is 17.7 Å². The van der Waals surface area contributed by atoms with Crippen molar-refractivity contribution in [1.29, 1.82) is 0 Å². The maximum atomic E-state index is 13.3. The molecular formula is C25H33N3O3. The van der Waals surface area contributed by atoms with Gasteiger partial charge in [-0.05, 0) is 81.7 Å². The van der Waals surface area contributed by atoms with Gasteiger partial charge in [0.1, 0.15) is 0 Å². The van der Waals surface area contributed by atoms with E-state index < -0.39 is 0 Å². The standard InChI is InChI=1S/C25H33N3O3/c1-2-31-24(29)17-8-10-21(11-9-17)26-25(30)28-13-5-6-18-14-19-15-20(23(18)28)16-27-12-4-3-7-22(19)27/h8-11,14,19-20,22-23H,2-7,12-13,15-16H2,1H3,(H,26,30)/t19-,20+,22+,23+/m1/s1. The Kier molecular flexibility index (Phi) is 5.74. The number of likely N-dealkylation sites (tertiary alicyclic amines) is 1. The molecule has 5 rings (SSSR count). The summed E-state index contributed by atoms with van der Waals surface area (Å²) in [4.78, 5) is 29.9. The molecule has 1 aliphatic carbocycles. The molecule has 0 unspecified atom stereocenters. The molecule has 4 atom stereocenters. The van der Waals surface area contributed by atoms with Crippen LogP contribution in [-0.4, -0.2) is 60.1 Å². The first kappa shape index (κ1) is 20.6. The van der Waals surface area contributed by atoms with E-state index in [1.807, 2.05) is 0 Å². The summed E-state index contributed by atoms with van der Waals surface area (Å²) in [6.45, 7) is 5.29. The lowest BCUT2D eigenvalue weighted by Gasteiger charge is -2.54. The van der Waals surface area contributed by atoms with Crippen LogP contribution in [0.5, 0.6) is 0 Å². The molecule has 0 saturated carbocycles. The van der Waals surface area contributed by atoms with Crippen molar-refractivity contribution in [1.82, 2.24) is 9.80 Å². The molecule has 6 heteroatoms. The number of rotatable bonds is 3. The lowest BCUT2D eigenvalue weighted by atomic mass is 9.68. The predicted molar refractivity (Wildman–Crippen MR) is 120 cm³/mol. The van der Waals surface area contributed by atoms with E-state index in [-0.39, 0.29) is 18.0 Å². The molecule has 0 aromatic heterocycles. The van der Waals surface area contributed by atoms with Gasteiger partial charge < -0.3 is 15.0 Å². The van der Waals surface area contributed by atoms with Gasteiger partial charge >= 0.3 is 12.0 Å². The highest BCUT2D eigenvalue weighted by Crippen LogP contribution is 2.45. The minimum atomic E-state index is -0.337. The minimum absolute atomic E-state index is 0.0290. The summed E-state index contributed by atoms with van der Waals surface area (Å²) < 4.78 is 5.03. The van der Waals surface area contributed by atoms with E-state index in [0.717, 1.165) is 32.0 Å². The van der Waals surface area contributed by atoms with E-state index in [1.165, 1.54) is 37.8 Å². The normalized spacial score (nSPS) is 30.0. The molecule has 166 valence electrons. The molecule has 0 radical (unpaired) electrons. The van der Waals surface area contributed by atoms with Crippen LogP contribution in [0.15, 0.2) is 35.9 Å². The van der Waals surface area contributed by atoms with Crippen LogP contribution in [0.3, 0.4) is 0 Å². The molecule has 0 spiro atoms. The highest BCUT2D eigenvalue weighted by atomic mass is 16.5. The summed E-state index contributed by atoms with van der Waals surface area (Å²) in [5, 5.41) is 3.07. The zero-order valence-corrected chi connectivity index (χ0v) is 18.4. The fourth-order valence-corrected chi connectivity index (χ4v) is 6.30. The number of benzene rings is 1. The van der Waals surface area contributed by atoms with Gasteiger partial charge in [0.25, 0.3) is 0 Å². The second-order valence-electron chi connectivity index (χ2n) is 9.43. The topological polar surface area (TPSA) is 61.9 Å². The third-order valence-corrected chi connectivity index (χ3v) is 7.57. The molecule has 1 N–H and O–H groups in total. The highest BCUT2D eigenvalue weighted by molar-refractivity contribution is 5.92. The average molecular weight is 424 g/mol. The number of amides is 2. The molecule has 6 nitrogen and oxygen atoms in total. The minimum Gasteiger partial charge on any atom is -0.462 e. The Morgan fingerprint density at radius 2 is 1.97 bits per heavy atom. The van der Waals surface area contributed by atoms with Crippen molar-refractivity contribution in [2.24, 2.45) is 11.8 Å². The molecule has 3 fully saturated rings. The van der Waals surface area contributed by atoms with Crippen LogP contribution in [0.4, 0.5) is 10.5 Å². The molecule has 3 aliphatic heterocycles. The van der Waals surface area contributed by atoms with Crippen molar-refractivity contribution in [3.63, 3.8) is 0 Å². The number of ether oxygens (including phenoxy) is 1. The van der Waals surface area contributed by atoms with Crippen molar-refractivity contribution in [2.75, 3.05) is 31.6 Å². The number of piperidine rings is 3. The Morgan fingerprint density at radius 1 is 1.13 bits per heavy atom. The lowest BCUT2D eigenvalue weighted by molar-refractivity contribution is 0.00908. The van der Waals surface area contributed by atoms with E-state index in [0.29, 0.717) is 29.7 Å². The zero-order chi connectivity index (χ0) is 21.4. The quantitative estimate of drug-likeness (QED) is 0.582. The number of carbonyl (C=O) groups excluding carboxylic acids is 2. The number of hydrogen-bond donors (Lipinski definition) is 1. The van der Waals surface area contributed by atoms with Gasteiger partial charge in [0, 0.05) is 24.8 Å². The number of fused-ring (bicyclic) bond motifs is 6. The Labute approximate surface area is 184 Å². The SMILES string of the molecule is CCOC(=O)c1ccc(NC(=O)N2CCCC3=C[C@@H]4C[C@@H](CN5CCCC[C@@H]45)[C@H]32)cc1. The van der Waals surface area contributed by atoms with Gasteiger partial charge in [-0.3, -0.25) is 4.90 Å². The van der Waals surface area contributed by atoms with Crippen LogP contribution >= 0.6 is 0 Å². The largest absolute Gasteiger partial charge is 0.462 e. The van der Waals surface area contributed by atoms with Crippen LogP contribution in [0, 0.1) is 11.8 Å². The first-order valence-corrected chi connectivity index (χ1v) is 11.9. The molecule has 2 bridgehead atoms. The average Bonchev–Trinajstić information content (AvgIpc) is 2.79. The van der Waals surface area contributed by atoms with E-state index >= 15 is 0 Å². The number of urea groups is 1. The maximum absolute atomic E-state index is 13.3. The molecule has 31 heavy (non-hydrogen) atoms. The zero-order valence-electron chi connectivity index (χ0n) is 18.4. The van der Waals surface area contributed by atoms with Crippen LogP contribution in [-0.2, 0) is 4.74 Å². The molecular weight excluding hydrogens is 390 g/mol. The van der Waals surface area contributed by atoms with E-state index in [1.54, 1.807) is 31.2 Å². The lowest BCUT2D eigenvalue weighted by Crippen LogP contribution is -2.60. The number of nitrogens with one attached hydrogen (secondary N) is 1.